The van der Waals surface area contributed by atoms with Gasteiger partial charge in [-0.15, -0.1) is 10.2 Å². The van der Waals surface area contributed by atoms with Crippen LogP contribution in [0.15, 0.2) is 46.3 Å². The van der Waals surface area contributed by atoms with E-state index in [2.05, 4.69) is 10.2 Å². The standard InChI is InChI=1S/C19H23N3O5S/c1-3-27-19(23)14-10-12-22(13-11-14)17-8-9-18(21-20-17)28(24,25)16-6-4-15(26-2)5-7-16/h4-9,14H,3,10-13H2,1-2H3. The van der Waals surface area contributed by atoms with Crippen molar-refractivity contribution in [3.05, 3.63) is 36.4 Å². The molecule has 1 fully saturated rings. The number of sulfone groups is 1. The zero-order chi connectivity index (χ0) is 20.1. The van der Waals surface area contributed by atoms with Gasteiger partial charge in [-0.3, -0.25) is 4.79 Å². The highest BCUT2D eigenvalue weighted by atomic mass is 32.2. The van der Waals surface area contributed by atoms with Crippen LogP contribution in [0.25, 0.3) is 0 Å². The van der Waals surface area contributed by atoms with Crippen LogP contribution in [0.5, 0.6) is 5.75 Å². The summed E-state index contributed by atoms with van der Waals surface area (Å²) >= 11 is 0. The van der Waals surface area contributed by atoms with Gasteiger partial charge in [-0.25, -0.2) is 8.42 Å². The number of aromatic nitrogens is 2. The normalized spacial score (nSPS) is 15.3. The molecule has 1 aromatic heterocycles. The van der Waals surface area contributed by atoms with Crippen molar-refractivity contribution in [3.63, 3.8) is 0 Å². The van der Waals surface area contributed by atoms with Crippen molar-refractivity contribution in [2.75, 3.05) is 31.7 Å². The van der Waals surface area contributed by atoms with E-state index in [0.717, 1.165) is 0 Å². The minimum atomic E-state index is -3.75. The van der Waals surface area contributed by atoms with Gasteiger partial charge in [-0.1, -0.05) is 0 Å². The van der Waals surface area contributed by atoms with E-state index in [1.165, 1.54) is 25.3 Å². The van der Waals surface area contributed by atoms with Crippen molar-refractivity contribution in [1.29, 1.82) is 0 Å². The number of carbonyl (C=O) groups excluding carboxylic acids is 1. The van der Waals surface area contributed by atoms with Gasteiger partial charge in [0.1, 0.15) is 5.75 Å². The third kappa shape index (κ3) is 4.24. The third-order valence-corrected chi connectivity index (χ3v) is 6.37. The summed E-state index contributed by atoms with van der Waals surface area (Å²) in [5, 5.41) is 7.91. The molecular weight excluding hydrogens is 382 g/mol. The zero-order valence-corrected chi connectivity index (χ0v) is 16.7. The van der Waals surface area contributed by atoms with Gasteiger partial charge in [0.2, 0.25) is 9.84 Å². The van der Waals surface area contributed by atoms with E-state index in [1.54, 1.807) is 25.1 Å². The van der Waals surface area contributed by atoms with Gasteiger partial charge in [0.25, 0.3) is 0 Å². The summed E-state index contributed by atoms with van der Waals surface area (Å²) in [6.45, 7) is 3.46. The predicted octanol–water partition coefficient (Wildman–Crippen LogP) is 2.10. The number of piperidine rings is 1. The van der Waals surface area contributed by atoms with E-state index in [9.17, 15) is 13.2 Å². The Hall–Kier alpha value is -2.68. The molecule has 8 nitrogen and oxygen atoms in total. The highest BCUT2D eigenvalue weighted by Crippen LogP contribution is 2.25. The number of rotatable bonds is 6. The second-order valence-electron chi connectivity index (χ2n) is 6.42. The van der Waals surface area contributed by atoms with E-state index in [1.807, 2.05) is 4.90 Å². The molecule has 1 aromatic carbocycles. The molecule has 150 valence electrons. The topological polar surface area (TPSA) is 98.7 Å². The van der Waals surface area contributed by atoms with E-state index >= 15 is 0 Å². The first-order valence-electron chi connectivity index (χ1n) is 9.10. The predicted molar refractivity (Wildman–Crippen MR) is 102 cm³/mol. The first-order valence-corrected chi connectivity index (χ1v) is 10.6. The third-order valence-electron chi connectivity index (χ3n) is 4.71. The lowest BCUT2D eigenvalue weighted by molar-refractivity contribution is -0.148. The molecule has 1 aliphatic rings. The van der Waals surface area contributed by atoms with Crippen LogP contribution >= 0.6 is 0 Å². The second-order valence-corrected chi connectivity index (χ2v) is 8.32. The molecule has 0 aliphatic carbocycles. The Bertz CT molecular complexity index is 906. The summed E-state index contributed by atoms with van der Waals surface area (Å²) in [6.07, 6.45) is 1.35. The van der Waals surface area contributed by atoms with Gasteiger partial charge < -0.3 is 14.4 Å². The lowest BCUT2D eigenvalue weighted by atomic mass is 9.97. The summed E-state index contributed by atoms with van der Waals surface area (Å²) in [4.78, 5) is 14.0. The molecule has 0 saturated carbocycles. The molecule has 0 bridgehead atoms. The smallest absolute Gasteiger partial charge is 0.309 e. The van der Waals surface area contributed by atoms with Gasteiger partial charge >= 0.3 is 5.97 Å². The van der Waals surface area contributed by atoms with Gasteiger partial charge in [-0.05, 0) is 56.2 Å². The number of benzene rings is 1. The number of hydrogen-bond donors (Lipinski definition) is 0. The van der Waals surface area contributed by atoms with Crippen molar-refractivity contribution < 1.29 is 22.7 Å². The van der Waals surface area contributed by atoms with Gasteiger partial charge in [0, 0.05) is 13.1 Å². The lowest BCUT2D eigenvalue weighted by Crippen LogP contribution is -2.37. The molecule has 9 heteroatoms. The average Bonchev–Trinajstić information content (AvgIpc) is 2.74. The van der Waals surface area contributed by atoms with Crippen LogP contribution in [0.3, 0.4) is 0 Å². The van der Waals surface area contributed by atoms with E-state index in [4.69, 9.17) is 9.47 Å². The Morgan fingerprint density at radius 3 is 2.32 bits per heavy atom. The number of ether oxygens (including phenoxy) is 2. The van der Waals surface area contributed by atoms with Crippen LogP contribution in [0.4, 0.5) is 5.82 Å². The molecule has 3 rings (SSSR count). The fourth-order valence-electron chi connectivity index (χ4n) is 3.11. The van der Waals surface area contributed by atoms with Gasteiger partial charge in [0.15, 0.2) is 10.8 Å². The Kier molecular flexibility index (Phi) is 6.13. The number of nitrogens with zero attached hydrogens (tertiary/aromatic N) is 3. The maximum atomic E-state index is 12.7. The minimum Gasteiger partial charge on any atom is -0.497 e. The number of anilines is 1. The summed E-state index contributed by atoms with van der Waals surface area (Å²) in [7, 11) is -2.23. The molecule has 2 heterocycles. The fourth-order valence-corrected chi connectivity index (χ4v) is 4.24. The van der Waals surface area contributed by atoms with Crippen molar-refractivity contribution in [2.24, 2.45) is 5.92 Å². The van der Waals surface area contributed by atoms with E-state index < -0.39 is 9.84 Å². The molecule has 0 amide bonds. The number of hydrogen-bond acceptors (Lipinski definition) is 8. The number of carbonyl (C=O) groups is 1. The number of methoxy groups -OCH3 is 1. The minimum absolute atomic E-state index is 0.0983. The van der Waals surface area contributed by atoms with Crippen molar-refractivity contribution in [3.8, 4) is 5.75 Å². The quantitative estimate of drug-likeness (QED) is 0.674. The Labute approximate surface area is 164 Å². The number of esters is 1. The molecule has 1 aliphatic heterocycles. The Morgan fingerprint density at radius 2 is 1.79 bits per heavy atom. The van der Waals surface area contributed by atoms with Crippen LogP contribution in [0.1, 0.15) is 19.8 Å². The summed E-state index contributed by atoms with van der Waals surface area (Å²) < 4.78 is 35.5. The molecule has 0 N–H and O–H groups in total. The highest BCUT2D eigenvalue weighted by Gasteiger charge is 2.27. The van der Waals surface area contributed by atoms with Crippen LogP contribution in [0, 0.1) is 5.92 Å². The lowest BCUT2D eigenvalue weighted by Gasteiger charge is -2.31. The zero-order valence-electron chi connectivity index (χ0n) is 15.9. The highest BCUT2D eigenvalue weighted by molar-refractivity contribution is 7.91. The first kappa shape index (κ1) is 20.1. The van der Waals surface area contributed by atoms with E-state index in [-0.39, 0.29) is 21.8 Å². The maximum absolute atomic E-state index is 12.7. The second kappa shape index (κ2) is 8.55. The molecule has 2 aromatic rings. The van der Waals surface area contributed by atoms with Gasteiger partial charge in [0.05, 0.1) is 24.5 Å². The van der Waals surface area contributed by atoms with E-state index in [0.29, 0.717) is 44.1 Å². The van der Waals surface area contributed by atoms with Crippen LogP contribution < -0.4 is 9.64 Å². The monoisotopic (exact) mass is 405 g/mol. The van der Waals surface area contributed by atoms with Gasteiger partial charge in [-0.2, -0.15) is 0 Å². The molecule has 1 saturated heterocycles. The average molecular weight is 405 g/mol. The van der Waals surface area contributed by atoms with Crippen molar-refractivity contribution in [1.82, 2.24) is 10.2 Å². The Balaban J connectivity index is 1.69. The maximum Gasteiger partial charge on any atom is 0.309 e. The molecular formula is C19H23N3O5S. The van der Waals surface area contributed by atoms with Crippen LogP contribution in [0.2, 0.25) is 0 Å². The first-order chi connectivity index (χ1) is 13.5. The van der Waals surface area contributed by atoms with Crippen molar-refractivity contribution in [2.45, 2.75) is 29.7 Å². The fraction of sp³-hybridized carbons (Fsp3) is 0.421. The summed E-state index contributed by atoms with van der Waals surface area (Å²) in [5.41, 5.74) is 0. The molecule has 0 spiro atoms. The molecule has 0 radical (unpaired) electrons. The van der Waals surface area contributed by atoms with Crippen LogP contribution in [-0.2, 0) is 19.4 Å². The molecule has 28 heavy (non-hydrogen) atoms. The molecule has 0 atom stereocenters. The van der Waals surface area contributed by atoms with Crippen molar-refractivity contribution >= 4 is 21.6 Å². The largest absolute Gasteiger partial charge is 0.497 e. The SMILES string of the molecule is CCOC(=O)C1CCN(c2ccc(S(=O)(=O)c3ccc(OC)cc3)nn2)CC1. The Morgan fingerprint density at radius 1 is 1.11 bits per heavy atom. The van der Waals surface area contributed by atoms with Crippen LogP contribution in [-0.4, -0.2) is 51.4 Å². The summed E-state index contributed by atoms with van der Waals surface area (Å²) in [6, 6.07) is 9.23. The molecule has 0 unspecified atom stereocenters. The summed E-state index contributed by atoms with van der Waals surface area (Å²) in [5.74, 6) is 0.913.